The van der Waals surface area contributed by atoms with E-state index in [-0.39, 0.29) is 11.7 Å². The second-order valence-electron chi connectivity index (χ2n) is 13.6. The van der Waals surface area contributed by atoms with Crippen molar-refractivity contribution >= 4 is 0 Å². The van der Waals surface area contributed by atoms with Gasteiger partial charge in [-0.3, -0.25) is 0 Å². The number of ether oxygens (including phenoxy) is 2. The lowest BCUT2D eigenvalue weighted by molar-refractivity contribution is -0.265. The number of benzene rings is 1. The summed E-state index contributed by atoms with van der Waals surface area (Å²) in [4.78, 5) is 0. The summed E-state index contributed by atoms with van der Waals surface area (Å²) in [5, 5.41) is 0. The standard InChI is InChI=1S/C31H44O2/c1-3-19(2)25-4-6-28(7-5-25)32-30(31-16-22-9-23(17-31)11-24(10-22)18-31)33-29-26-12-20-8-21(14-26)15-27(29)13-20/h4-7,19-24,26-27,29-30H,3,8-18H2,1-2H3. The van der Waals surface area contributed by atoms with Crippen LogP contribution in [0.5, 0.6) is 5.75 Å². The summed E-state index contributed by atoms with van der Waals surface area (Å²) >= 11 is 0. The van der Waals surface area contributed by atoms with Crippen molar-refractivity contribution in [2.45, 2.75) is 109 Å². The molecule has 8 bridgehead atoms. The third kappa shape index (κ3) is 3.69. The summed E-state index contributed by atoms with van der Waals surface area (Å²) in [6, 6.07) is 9.05. The highest BCUT2D eigenvalue weighted by atomic mass is 16.7. The molecule has 180 valence electrons. The van der Waals surface area contributed by atoms with Gasteiger partial charge in [0.15, 0.2) is 0 Å². The highest BCUT2D eigenvalue weighted by molar-refractivity contribution is 5.29. The lowest BCUT2D eigenvalue weighted by atomic mass is 9.49. The van der Waals surface area contributed by atoms with E-state index >= 15 is 0 Å². The molecule has 2 nitrogen and oxygen atoms in total. The maximum absolute atomic E-state index is 7.29. The minimum Gasteiger partial charge on any atom is -0.464 e. The van der Waals surface area contributed by atoms with Gasteiger partial charge in [0, 0.05) is 5.41 Å². The van der Waals surface area contributed by atoms with Crippen molar-refractivity contribution in [2.24, 2.45) is 46.8 Å². The van der Waals surface area contributed by atoms with Crippen molar-refractivity contribution in [1.29, 1.82) is 0 Å². The highest BCUT2D eigenvalue weighted by Gasteiger charge is 2.58. The Labute approximate surface area is 201 Å². The molecule has 1 aromatic rings. The summed E-state index contributed by atoms with van der Waals surface area (Å²) in [5.41, 5.74) is 1.69. The first-order chi connectivity index (χ1) is 16.1. The normalized spacial score (nSPS) is 46.5. The van der Waals surface area contributed by atoms with Gasteiger partial charge < -0.3 is 9.47 Å². The second-order valence-corrected chi connectivity index (χ2v) is 13.6. The van der Waals surface area contributed by atoms with E-state index in [9.17, 15) is 0 Å². The molecule has 0 N–H and O–H groups in total. The van der Waals surface area contributed by atoms with Gasteiger partial charge in [-0.1, -0.05) is 26.0 Å². The summed E-state index contributed by atoms with van der Waals surface area (Å²) < 4.78 is 14.2. The fourth-order valence-corrected chi connectivity index (χ4v) is 10.2. The molecule has 0 spiro atoms. The molecule has 2 atom stereocenters. The van der Waals surface area contributed by atoms with Crippen molar-refractivity contribution in [3.8, 4) is 5.75 Å². The predicted molar refractivity (Wildman–Crippen MR) is 132 cm³/mol. The van der Waals surface area contributed by atoms with Crippen molar-refractivity contribution in [1.82, 2.24) is 0 Å². The van der Waals surface area contributed by atoms with Crippen molar-refractivity contribution in [3.05, 3.63) is 29.8 Å². The molecular formula is C31H44O2. The minimum atomic E-state index is -0.0390. The molecule has 1 aromatic carbocycles. The van der Waals surface area contributed by atoms with Gasteiger partial charge in [-0.2, -0.15) is 0 Å². The van der Waals surface area contributed by atoms with Gasteiger partial charge in [0.25, 0.3) is 0 Å². The van der Waals surface area contributed by atoms with Gasteiger partial charge in [-0.05, 0) is 142 Å². The monoisotopic (exact) mass is 448 g/mol. The average Bonchev–Trinajstić information content (AvgIpc) is 2.79. The lowest BCUT2D eigenvalue weighted by Gasteiger charge is -2.60. The summed E-state index contributed by atoms with van der Waals surface area (Å²) in [7, 11) is 0. The van der Waals surface area contributed by atoms with E-state index in [0.717, 1.165) is 47.2 Å². The Hall–Kier alpha value is -1.02. The fraction of sp³-hybridized carbons (Fsp3) is 0.806. The zero-order valence-corrected chi connectivity index (χ0v) is 20.9. The van der Waals surface area contributed by atoms with Crippen LogP contribution in [0, 0.1) is 46.8 Å². The molecule has 8 aliphatic carbocycles. The van der Waals surface area contributed by atoms with E-state index in [2.05, 4.69) is 38.1 Å². The minimum absolute atomic E-state index is 0.0390. The van der Waals surface area contributed by atoms with Gasteiger partial charge in [0.1, 0.15) is 5.75 Å². The number of hydrogen-bond donors (Lipinski definition) is 0. The quantitative estimate of drug-likeness (QED) is 0.394. The third-order valence-corrected chi connectivity index (χ3v) is 11.3. The highest BCUT2D eigenvalue weighted by Crippen LogP contribution is 2.63. The maximum Gasteiger partial charge on any atom is 0.205 e. The average molecular weight is 449 g/mol. The van der Waals surface area contributed by atoms with Gasteiger partial charge >= 0.3 is 0 Å². The van der Waals surface area contributed by atoms with Gasteiger partial charge in [-0.15, -0.1) is 0 Å². The molecule has 0 aromatic heterocycles. The van der Waals surface area contributed by atoms with Crippen LogP contribution < -0.4 is 4.74 Å². The van der Waals surface area contributed by atoms with Crippen molar-refractivity contribution < 1.29 is 9.47 Å². The summed E-state index contributed by atoms with van der Waals surface area (Å²) in [6.07, 6.45) is 17.3. The van der Waals surface area contributed by atoms with E-state index in [1.165, 1.54) is 82.6 Å². The molecular weight excluding hydrogens is 404 g/mol. The van der Waals surface area contributed by atoms with Gasteiger partial charge in [-0.25, -0.2) is 0 Å². The van der Waals surface area contributed by atoms with Crippen LogP contribution in [0.3, 0.4) is 0 Å². The Kier molecular flexibility index (Phi) is 5.16. The number of rotatable bonds is 7. The summed E-state index contributed by atoms with van der Waals surface area (Å²) in [6.45, 7) is 4.60. The first kappa shape index (κ1) is 21.3. The first-order valence-electron chi connectivity index (χ1n) is 14.5. The zero-order chi connectivity index (χ0) is 22.2. The fourth-order valence-electron chi connectivity index (χ4n) is 10.2. The van der Waals surface area contributed by atoms with Crippen LogP contribution in [0.1, 0.15) is 102 Å². The Morgan fingerprint density at radius 1 is 0.758 bits per heavy atom. The van der Waals surface area contributed by atoms with Crippen LogP contribution in [-0.2, 0) is 4.74 Å². The van der Waals surface area contributed by atoms with Crippen LogP contribution >= 0.6 is 0 Å². The molecule has 0 radical (unpaired) electrons. The Morgan fingerprint density at radius 3 is 1.79 bits per heavy atom. The predicted octanol–water partition coefficient (Wildman–Crippen LogP) is 7.96. The first-order valence-corrected chi connectivity index (χ1v) is 14.5. The van der Waals surface area contributed by atoms with Crippen molar-refractivity contribution in [3.63, 3.8) is 0 Å². The zero-order valence-electron chi connectivity index (χ0n) is 20.9. The van der Waals surface area contributed by atoms with E-state index < -0.39 is 0 Å². The molecule has 8 aliphatic rings. The van der Waals surface area contributed by atoms with E-state index in [4.69, 9.17) is 9.47 Å². The Balaban J connectivity index is 1.17. The molecule has 0 heterocycles. The molecule has 9 rings (SSSR count). The van der Waals surface area contributed by atoms with E-state index in [1.807, 2.05) is 0 Å². The van der Waals surface area contributed by atoms with Gasteiger partial charge in [0.05, 0.1) is 6.10 Å². The van der Waals surface area contributed by atoms with Crippen LogP contribution in [0.4, 0.5) is 0 Å². The van der Waals surface area contributed by atoms with Crippen LogP contribution in [0.25, 0.3) is 0 Å². The molecule has 0 amide bonds. The molecule has 2 unspecified atom stereocenters. The molecule has 8 fully saturated rings. The Morgan fingerprint density at radius 2 is 1.27 bits per heavy atom. The number of hydrogen-bond acceptors (Lipinski definition) is 2. The van der Waals surface area contributed by atoms with E-state index in [0.29, 0.717) is 12.0 Å². The molecule has 0 aliphatic heterocycles. The molecule has 2 heteroatoms. The third-order valence-electron chi connectivity index (χ3n) is 11.3. The molecule has 8 saturated carbocycles. The Bertz CT molecular complexity index is 793. The van der Waals surface area contributed by atoms with Crippen molar-refractivity contribution in [2.75, 3.05) is 0 Å². The van der Waals surface area contributed by atoms with E-state index in [1.54, 1.807) is 0 Å². The smallest absolute Gasteiger partial charge is 0.205 e. The SMILES string of the molecule is CCC(C)c1ccc(OC(OC2C3CC4CC(C3)CC2C4)C23CC4CC(CC(C4)C2)C3)cc1. The maximum atomic E-state index is 7.29. The lowest BCUT2D eigenvalue weighted by Crippen LogP contribution is -2.57. The topological polar surface area (TPSA) is 18.5 Å². The van der Waals surface area contributed by atoms with Crippen LogP contribution in [0.2, 0.25) is 0 Å². The van der Waals surface area contributed by atoms with Crippen LogP contribution in [0.15, 0.2) is 24.3 Å². The summed E-state index contributed by atoms with van der Waals surface area (Å²) in [5.74, 6) is 8.03. The largest absolute Gasteiger partial charge is 0.464 e. The molecule has 0 saturated heterocycles. The second kappa shape index (κ2) is 8.00. The molecule has 33 heavy (non-hydrogen) atoms. The van der Waals surface area contributed by atoms with Crippen LogP contribution in [-0.4, -0.2) is 12.4 Å². The van der Waals surface area contributed by atoms with Gasteiger partial charge in [0.2, 0.25) is 6.29 Å².